The number of benzene rings is 1. The lowest BCUT2D eigenvalue weighted by molar-refractivity contribution is 0.102. The number of imidazole rings is 1. The third-order valence-electron chi connectivity index (χ3n) is 6.79. The third-order valence-corrected chi connectivity index (χ3v) is 7.98. The molecule has 7 rings (SSSR count). The molecule has 1 atom stereocenters. The highest BCUT2D eigenvalue weighted by atomic mass is 32.1. The van der Waals surface area contributed by atoms with E-state index in [0.717, 1.165) is 4.88 Å². The summed E-state index contributed by atoms with van der Waals surface area (Å²) in [4.78, 5) is 34.3. The summed E-state index contributed by atoms with van der Waals surface area (Å²) in [5.41, 5.74) is 4.24. The Kier molecular flexibility index (Phi) is 6.26. The number of carbonyl (C=O) groups is 1. The number of fused-ring (bicyclic) bond motifs is 2. The first kappa shape index (κ1) is 25.6. The number of ketones is 1. The minimum absolute atomic E-state index is 0.0204. The largest absolute Gasteiger partial charge is 0.369 e. The molecule has 0 aliphatic carbocycles. The Morgan fingerprint density at radius 1 is 1.00 bits per heavy atom. The van der Waals surface area contributed by atoms with Gasteiger partial charge in [-0.3, -0.25) is 24.8 Å². The lowest BCUT2D eigenvalue weighted by Gasteiger charge is -2.15. The smallest absolute Gasteiger partial charge is 0.169 e. The summed E-state index contributed by atoms with van der Waals surface area (Å²) in [7, 11) is 0. The number of aliphatic hydroxyl groups is 1. The van der Waals surface area contributed by atoms with Crippen molar-refractivity contribution in [1.82, 2.24) is 35.1 Å². The molecule has 0 spiro atoms. The molecular formula is C30H21FN8O2S. The quantitative estimate of drug-likeness (QED) is 0.131. The van der Waals surface area contributed by atoms with Gasteiger partial charge in [-0.15, -0.1) is 11.3 Å². The van der Waals surface area contributed by atoms with Crippen LogP contribution < -0.4 is 5.32 Å². The normalized spacial score (nSPS) is 12.2. The number of Topliss-reactive ketones (excluding diaryl/α,β-unsaturated/α-hetero) is 1. The standard InChI is InChI=1S/C30H21FN8O2S/c1-15(40)21-7-8-22(42-21)27-26-19(9-10-33-27)36-29(37-26)28-23-20(38-39-28)14-34-25(24(23)31)17-11-18(13-32-12-17)35-30(41)16-5-3-2-4-6-16/h2-14,30,35,41H,1H3,(H,36,37)(H,38,39). The number of aromatic nitrogens is 7. The Labute approximate surface area is 241 Å². The predicted octanol–water partition coefficient (Wildman–Crippen LogP) is 6.13. The van der Waals surface area contributed by atoms with E-state index in [1.54, 1.807) is 42.7 Å². The van der Waals surface area contributed by atoms with Gasteiger partial charge in [0.15, 0.2) is 23.7 Å². The van der Waals surface area contributed by atoms with Crippen molar-refractivity contribution in [3.05, 3.63) is 95.6 Å². The first-order valence-corrected chi connectivity index (χ1v) is 13.7. The van der Waals surface area contributed by atoms with E-state index in [4.69, 9.17) is 4.98 Å². The number of aromatic amines is 2. The molecule has 12 heteroatoms. The topological polar surface area (TPSA) is 145 Å². The van der Waals surface area contributed by atoms with Gasteiger partial charge in [-0.2, -0.15) is 5.10 Å². The minimum atomic E-state index is -0.972. The van der Waals surface area contributed by atoms with E-state index in [9.17, 15) is 9.90 Å². The van der Waals surface area contributed by atoms with Crippen molar-refractivity contribution < 1.29 is 14.3 Å². The molecule has 1 unspecified atom stereocenters. The molecule has 6 heterocycles. The molecule has 10 nitrogen and oxygen atoms in total. The minimum Gasteiger partial charge on any atom is -0.369 e. The van der Waals surface area contributed by atoms with E-state index >= 15 is 4.39 Å². The van der Waals surface area contributed by atoms with Crippen LogP contribution >= 0.6 is 11.3 Å². The Hall–Kier alpha value is -5.33. The van der Waals surface area contributed by atoms with Crippen LogP contribution in [0.2, 0.25) is 0 Å². The van der Waals surface area contributed by atoms with Crippen LogP contribution in [0.4, 0.5) is 10.1 Å². The van der Waals surface area contributed by atoms with Gasteiger partial charge in [-0.1, -0.05) is 30.3 Å². The maximum atomic E-state index is 16.2. The molecule has 7 aromatic rings. The second-order valence-electron chi connectivity index (χ2n) is 9.56. The highest BCUT2D eigenvalue weighted by Gasteiger charge is 2.22. The van der Waals surface area contributed by atoms with Crippen LogP contribution in [0.25, 0.3) is 55.3 Å². The van der Waals surface area contributed by atoms with Gasteiger partial charge in [0.25, 0.3) is 0 Å². The molecule has 0 saturated carbocycles. The number of anilines is 1. The Balaban J connectivity index is 1.27. The molecule has 0 amide bonds. The number of nitrogens with zero attached hydrogens (tertiary/aromatic N) is 5. The molecule has 0 saturated heterocycles. The van der Waals surface area contributed by atoms with Gasteiger partial charge in [-0.25, -0.2) is 9.37 Å². The van der Waals surface area contributed by atoms with Crippen molar-refractivity contribution in [3.63, 3.8) is 0 Å². The number of carbonyl (C=O) groups excluding carboxylic acids is 1. The lowest BCUT2D eigenvalue weighted by atomic mass is 10.1. The van der Waals surface area contributed by atoms with E-state index in [-0.39, 0.29) is 22.6 Å². The molecule has 42 heavy (non-hydrogen) atoms. The van der Waals surface area contributed by atoms with Crippen molar-refractivity contribution in [2.45, 2.75) is 13.2 Å². The second kappa shape index (κ2) is 10.3. The SMILES string of the molecule is CC(=O)c1ccc(-c2nccc3[nH]c(-c4n[nH]c5cnc(-c6cncc(NC(O)c7ccccc7)c6)c(F)c45)nc23)s1. The maximum Gasteiger partial charge on any atom is 0.169 e. The van der Waals surface area contributed by atoms with Crippen molar-refractivity contribution >= 4 is 44.7 Å². The van der Waals surface area contributed by atoms with Gasteiger partial charge >= 0.3 is 0 Å². The zero-order valence-corrected chi connectivity index (χ0v) is 22.8. The number of pyridine rings is 3. The highest BCUT2D eigenvalue weighted by Crippen LogP contribution is 2.36. The van der Waals surface area contributed by atoms with Crippen molar-refractivity contribution in [2.75, 3.05) is 5.32 Å². The predicted molar refractivity (Wildman–Crippen MR) is 158 cm³/mol. The maximum absolute atomic E-state index is 16.2. The van der Waals surface area contributed by atoms with Crippen LogP contribution in [0.15, 0.2) is 79.4 Å². The number of H-pyrrole nitrogens is 2. The summed E-state index contributed by atoms with van der Waals surface area (Å²) < 4.78 is 16.2. The lowest BCUT2D eigenvalue weighted by Crippen LogP contribution is -2.09. The van der Waals surface area contributed by atoms with Gasteiger partial charge in [-0.05, 0) is 31.2 Å². The molecule has 0 fully saturated rings. The number of hydrogen-bond acceptors (Lipinski definition) is 9. The van der Waals surface area contributed by atoms with E-state index in [2.05, 4.69) is 35.5 Å². The molecule has 0 bridgehead atoms. The zero-order valence-electron chi connectivity index (χ0n) is 22.0. The molecule has 6 aromatic heterocycles. The number of thiophene rings is 1. The summed E-state index contributed by atoms with van der Waals surface area (Å²) in [6, 6.07) is 16.2. The van der Waals surface area contributed by atoms with Crippen LogP contribution in [0.3, 0.4) is 0 Å². The monoisotopic (exact) mass is 576 g/mol. The zero-order chi connectivity index (χ0) is 28.8. The molecule has 206 valence electrons. The van der Waals surface area contributed by atoms with E-state index < -0.39 is 12.0 Å². The van der Waals surface area contributed by atoms with Gasteiger partial charge in [0.05, 0.1) is 44.3 Å². The van der Waals surface area contributed by atoms with Crippen LogP contribution in [0.1, 0.15) is 28.4 Å². The van der Waals surface area contributed by atoms with Gasteiger partial charge < -0.3 is 15.4 Å². The molecule has 0 aliphatic heterocycles. The Morgan fingerprint density at radius 3 is 2.67 bits per heavy atom. The number of aliphatic hydroxyl groups excluding tert-OH is 1. The Bertz CT molecular complexity index is 2100. The second-order valence-corrected chi connectivity index (χ2v) is 10.6. The first-order chi connectivity index (χ1) is 20.5. The average Bonchev–Trinajstić information content (AvgIpc) is 3.76. The van der Waals surface area contributed by atoms with E-state index in [1.165, 1.54) is 30.7 Å². The molecule has 4 N–H and O–H groups in total. The molecule has 1 aromatic carbocycles. The van der Waals surface area contributed by atoms with Gasteiger partial charge in [0.2, 0.25) is 0 Å². The van der Waals surface area contributed by atoms with Crippen molar-refractivity contribution in [2.24, 2.45) is 0 Å². The van der Waals surface area contributed by atoms with Crippen LogP contribution in [0, 0.1) is 5.82 Å². The fourth-order valence-electron chi connectivity index (χ4n) is 4.75. The average molecular weight is 577 g/mol. The summed E-state index contributed by atoms with van der Waals surface area (Å²) in [6.45, 7) is 1.52. The van der Waals surface area contributed by atoms with Gasteiger partial charge in [0.1, 0.15) is 22.6 Å². The van der Waals surface area contributed by atoms with Crippen LogP contribution in [-0.2, 0) is 0 Å². The number of nitrogens with one attached hydrogen (secondary N) is 3. The summed E-state index contributed by atoms with van der Waals surface area (Å²) in [6.07, 6.45) is 5.24. The summed E-state index contributed by atoms with van der Waals surface area (Å²) in [5, 5.41) is 21.0. The van der Waals surface area contributed by atoms with Gasteiger partial charge in [0, 0.05) is 23.5 Å². The van der Waals surface area contributed by atoms with E-state index in [0.29, 0.717) is 49.8 Å². The summed E-state index contributed by atoms with van der Waals surface area (Å²) >= 11 is 1.34. The van der Waals surface area contributed by atoms with E-state index in [1.807, 2.05) is 24.3 Å². The third kappa shape index (κ3) is 4.48. The molecular weight excluding hydrogens is 555 g/mol. The highest BCUT2D eigenvalue weighted by molar-refractivity contribution is 7.17. The van der Waals surface area contributed by atoms with Crippen LogP contribution in [-0.4, -0.2) is 46.0 Å². The first-order valence-electron chi connectivity index (χ1n) is 12.9. The fraction of sp³-hybridized carbons (Fsp3) is 0.0667. The fourth-order valence-corrected chi connectivity index (χ4v) is 5.65. The number of halogens is 1. The number of hydrogen-bond donors (Lipinski definition) is 4. The van der Waals surface area contributed by atoms with Crippen molar-refractivity contribution in [1.29, 1.82) is 0 Å². The van der Waals surface area contributed by atoms with Crippen molar-refractivity contribution in [3.8, 4) is 33.3 Å². The molecule has 0 radical (unpaired) electrons. The Morgan fingerprint density at radius 2 is 1.86 bits per heavy atom. The molecule has 0 aliphatic rings. The summed E-state index contributed by atoms with van der Waals surface area (Å²) in [5.74, 6) is -0.265. The van der Waals surface area contributed by atoms with Crippen LogP contribution in [0.5, 0.6) is 0 Å². The number of rotatable bonds is 7.